The molecule has 0 radical (unpaired) electrons. The lowest BCUT2D eigenvalue weighted by atomic mass is 9.93. The molecule has 0 aliphatic heterocycles. The van der Waals surface area contributed by atoms with Crippen LogP contribution in [0.3, 0.4) is 0 Å². The van der Waals surface area contributed by atoms with Gasteiger partial charge in [-0.2, -0.15) is 0 Å². The third kappa shape index (κ3) is 4.51. The predicted molar refractivity (Wildman–Crippen MR) is 194 cm³/mol. The van der Waals surface area contributed by atoms with Gasteiger partial charge in [-0.05, 0) is 78.5 Å². The zero-order chi connectivity index (χ0) is 30.5. The number of benzene rings is 8. The Bertz CT molecular complexity index is 2580. The topological polar surface area (TPSA) is 25.8 Å². The summed E-state index contributed by atoms with van der Waals surface area (Å²) in [6.07, 6.45) is 0. The van der Waals surface area contributed by atoms with Gasteiger partial charge in [-0.1, -0.05) is 146 Å². The standard InChI is InChI=1S/C44H28N2/c1-2-12-30(13-3-1)44-45-42(39-18-9-8-17-36(39)34-22-21-29-11-4-5-14-31(29)25-34)28-43(46-44)40-20-10-19-37-38(40)24-23-35-26-32-15-6-7-16-33(32)27-41(35)37/h1-28H. The summed E-state index contributed by atoms with van der Waals surface area (Å²) >= 11 is 0. The van der Waals surface area contributed by atoms with Gasteiger partial charge in [0.05, 0.1) is 11.4 Å². The minimum absolute atomic E-state index is 0.713. The van der Waals surface area contributed by atoms with Crippen LogP contribution < -0.4 is 0 Å². The Balaban J connectivity index is 1.28. The van der Waals surface area contributed by atoms with E-state index in [1.54, 1.807) is 0 Å². The zero-order valence-electron chi connectivity index (χ0n) is 25.1. The van der Waals surface area contributed by atoms with Crippen molar-refractivity contribution in [3.8, 4) is 45.0 Å². The molecular weight excluding hydrogens is 556 g/mol. The SMILES string of the molecule is c1ccc(-c2nc(-c3ccccc3-c3ccc4ccccc4c3)cc(-c3cccc4c3ccc3cc5ccccc5cc34)n2)cc1. The molecule has 214 valence electrons. The second-order valence-corrected chi connectivity index (χ2v) is 11.8. The van der Waals surface area contributed by atoms with E-state index in [2.05, 4.69) is 152 Å². The molecule has 0 saturated carbocycles. The van der Waals surface area contributed by atoms with Crippen molar-refractivity contribution in [3.63, 3.8) is 0 Å². The molecule has 0 amide bonds. The van der Waals surface area contributed by atoms with Gasteiger partial charge in [0.2, 0.25) is 0 Å². The molecule has 0 bridgehead atoms. The largest absolute Gasteiger partial charge is 0.228 e. The molecule has 0 spiro atoms. The van der Waals surface area contributed by atoms with E-state index in [4.69, 9.17) is 9.97 Å². The number of fused-ring (bicyclic) bond motifs is 5. The Morgan fingerprint density at radius 1 is 0.283 bits per heavy atom. The van der Waals surface area contributed by atoms with Gasteiger partial charge in [0.1, 0.15) is 0 Å². The molecule has 0 aliphatic carbocycles. The quantitative estimate of drug-likeness (QED) is 0.152. The maximum atomic E-state index is 5.21. The lowest BCUT2D eigenvalue weighted by molar-refractivity contribution is 1.19. The van der Waals surface area contributed by atoms with Crippen LogP contribution in [-0.4, -0.2) is 9.97 Å². The van der Waals surface area contributed by atoms with Crippen molar-refractivity contribution in [3.05, 3.63) is 170 Å². The number of aromatic nitrogens is 2. The van der Waals surface area contributed by atoms with Gasteiger partial charge in [0.25, 0.3) is 0 Å². The molecule has 0 atom stereocenters. The first-order valence-corrected chi connectivity index (χ1v) is 15.7. The molecule has 0 fully saturated rings. The number of rotatable bonds is 4. The first kappa shape index (κ1) is 26.3. The minimum Gasteiger partial charge on any atom is -0.228 e. The maximum Gasteiger partial charge on any atom is 0.160 e. The van der Waals surface area contributed by atoms with Crippen LogP contribution in [0, 0.1) is 0 Å². The van der Waals surface area contributed by atoms with Crippen LogP contribution in [0.1, 0.15) is 0 Å². The van der Waals surface area contributed by atoms with Gasteiger partial charge in [-0.3, -0.25) is 0 Å². The van der Waals surface area contributed by atoms with Crippen molar-refractivity contribution in [1.29, 1.82) is 0 Å². The van der Waals surface area contributed by atoms with E-state index in [1.165, 1.54) is 48.7 Å². The first-order valence-electron chi connectivity index (χ1n) is 15.7. The highest BCUT2D eigenvalue weighted by Gasteiger charge is 2.16. The lowest BCUT2D eigenvalue weighted by Crippen LogP contribution is -1.97. The summed E-state index contributed by atoms with van der Waals surface area (Å²) in [5.41, 5.74) is 7.28. The second-order valence-electron chi connectivity index (χ2n) is 11.8. The van der Waals surface area contributed by atoms with Crippen LogP contribution in [-0.2, 0) is 0 Å². The molecule has 2 heteroatoms. The highest BCUT2D eigenvalue weighted by molar-refractivity contribution is 6.15. The van der Waals surface area contributed by atoms with Gasteiger partial charge in [-0.15, -0.1) is 0 Å². The Hall–Kier alpha value is -6.12. The van der Waals surface area contributed by atoms with Gasteiger partial charge in [-0.25, -0.2) is 9.97 Å². The van der Waals surface area contributed by atoms with Gasteiger partial charge >= 0.3 is 0 Å². The van der Waals surface area contributed by atoms with Crippen molar-refractivity contribution in [1.82, 2.24) is 9.97 Å². The molecule has 46 heavy (non-hydrogen) atoms. The lowest BCUT2D eigenvalue weighted by Gasteiger charge is -2.15. The van der Waals surface area contributed by atoms with Crippen LogP contribution >= 0.6 is 0 Å². The van der Waals surface area contributed by atoms with Crippen molar-refractivity contribution in [2.45, 2.75) is 0 Å². The van der Waals surface area contributed by atoms with Crippen molar-refractivity contribution < 1.29 is 0 Å². The van der Waals surface area contributed by atoms with Crippen LogP contribution in [0.5, 0.6) is 0 Å². The average molecular weight is 585 g/mol. The molecule has 0 aliphatic rings. The fraction of sp³-hybridized carbons (Fsp3) is 0. The fourth-order valence-corrected chi connectivity index (χ4v) is 6.76. The van der Waals surface area contributed by atoms with E-state index in [1.807, 2.05) is 18.2 Å². The monoisotopic (exact) mass is 584 g/mol. The molecule has 1 aromatic heterocycles. The summed E-state index contributed by atoms with van der Waals surface area (Å²) in [5.74, 6) is 0.713. The van der Waals surface area contributed by atoms with Crippen LogP contribution in [0.15, 0.2) is 170 Å². The highest BCUT2D eigenvalue weighted by Crippen LogP contribution is 2.38. The van der Waals surface area contributed by atoms with E-state index in [0.717, 1.165) is 33.6 Å². The molecule has 0 unspecified atom stereocenters. The predicted octanol–water partition coefficient (Wildman–Crippen LogP) is 11.8. The molecule has 8 aromatic carbocycles. The smallest absolute Gasteiger partial charge is 0.160 e. The van der Waals surface area contributed by atoms with E-state index in [9.17, 15) is 0 Å². The Kier molecular flexibility index (Phi) is 6.17. The summed E-state index contributed by atoms with van der Waals surface area (Å²) < 4.78 is 0. The van der Waals surface area contributed by atoms with Crippen molar-refractivity contribution >= 4 is 43.1 Å². The van der Waals surface area contributed by atoms with Crippen molar-refractivity contribution in [2.75, 3.05) is 0 Å². The Morgan fingerprint density at radius 3 is 1.70 bits per heavy atom. The third-order valence-electron chi connectivity index (χ3n) is 9.04. The molecule has 9 rings (SSSR count). The zero-order valence-corrected chi connectivity index (χ0v) is 25.1. The van der Waals surface area contributed by atoms with E-state index < -0.39 is 0 Å². The Labute approximate surface area is 267 Å². The summed E-state index contributed by atoms with van der Waals surface area (Å²) in [4.78, 5) is 10.4. The van der Waals surface area contributed by atoms with Crippen LogP contribution in [0.2, 0.25) is 0 Å². The second kappa shape index (κ2) is 10.8. The molecule has 9 aromatic rings. The maximum absolute atomic E-state index is 5.21. The van der Waals surface area contributed by atoms with E-state index in [-0.39, 0.29) is 0 Å². The number of hydrogen-bond donors (Lipinski definition) is 0. The Morgan fingerprint density at radius 2 is 0.891 bits per heavy atom. The summed E-state index contributed by atoms with van der Waals surface area (Å²) in [7, 11) is 0. The molecule has 0 saturated heterocycles. The van der Waals surface area contributed by atoms with E-state index in [0.29, 0.717) is 5.82 Å². The molecule has 2 nitrogen and oxygen atoms in total. The fourth-order valence-electron chi connectivity index (χ4n) is 6.76. The minimum atomic E-state index is 0.713. The van der Waals surface area contributed by atoms with Crippen molar-refractivity contribution in [2.24, 2.45) is 0 Å². The van der Waals surface area contributed by atoms with E-state index >= 15 is 0 Å². The van der Waals surface area contributed by atoms with Gasteiger partial charge < -0.3 is 0 Å². The van der Waals surface area contributed by atoms with Gasteiger partial charge in [0.15, 0.2) is 5.82 Å². The first-order chi connectivity index (χ1) is 22.8. The summed E-state index contributed by atoms with van der Waals surface area (Å²) in [5, 5.41) is 9.83. The van der Waals surface area contributed by atoms with Gasteiger partial charge in [0, 0.05) is 16.7 Å². The van der Waals surface area contributed by atoms with Crippen LogP contribution in [0.4, 0.5) is 0 Å². The summed E-state index contributed by atoms with van der Waals surface area (Å²) in [6, 6.07) is 60.4. The molecule has 0 N–H and O–H groups in total. The third-order valence-corrected chi connectivity index (χ3v) is 9.04. The normalized spacial score (nSPS) is 11.5. The average Bonchev–Trinajstić information content (AvgIpc) is 3.13. The number of nitrogens with zero attached hydrogens (tertiary/aromatic N) is 2. The van der Waals surface area contributed by atoms with Crippen LogP contribution in [0.25, 0.3) is 88.1 Å². The molecule has 1 heterocycles. The molecular formula is C44H28N2. The number of hydrogen-bond acceptors (Lipinski definition) is 2. The summed E-state index contributed by atoms with van der Waals surface area (Å²) in [6.45, 7) is 0. The highest BCUT2D eigenvalue weighted by atomic mass is 14.9.